The minimum atomic E-state index is -0.129. The molecule has 1 aliphatic rings. The molecule has 2 aromatic rings. The molecular weight excluding hydrogens is 280 g/mol. The van der Waals surface area contributed by atoms with Crippen LogP contribution in [0.2, 0.25) is 0 Å². The molecule has 6 nitrogen and oxygen atoms in total. The summed E-state index contributed by atoms with van der Waals surface area (Å²) in [7, 11) is 0. The second-order valence-electron chi connectivity index (χ2n) is 6.06. The molecule has 0 aliphatic heterocycles. The van der Waals surface area contributed by atoms with Gasteiger partial charge in [-0.2, -0.15) is 0 Å². The number of nitrogens with one attached hydrogen (secondary N) is 1. The summed E-state index contributed by atoms with van der Waals surface area (Å²) in [6, 6.07) is 1.81. The third-order valence-corrected chi connectivity index (χ3v) is 4.56. The highest BCUT2D eigenvalue weighted by Crippen LogP contribution is 2.26. The highest BCUT2D eigenvalue weighted by atomic mass is 16.5. The van der Waals surface area contributed by atoms with Gasteiger partial charge in [0.05, 0.1) is 16.6 Å². The van der Waals surface area contributed by atoms with E-state index in [1.807, 2.05) is 6.92 Å². The maximum atomic E-state index is 12.5. The molecule has 3 rings (SSSR count). The van der Waals surface area contributed by atoms with E-state index in [1.54, 1.807) is 6.07 Å². The van der Waals surface area contributed by atoms with Crippen LogP contribution >= 0.6 is 0 Å². The van der Waals surface area contributed by atoms with Crippen LogP contribution in [0.1, 0.15) is 48.2 Å². The second-order valence-corrected chi connectivity index (χ2v) is 6.06. The van der Waals surface area contributed by atoms with Crippen molar-refractivity contribution in [2.45, 2.75) is 45.1 Å². The smallest absolute Gasteiger partial charge is 0.257 e. The summed E-state index contributed by atoms with van der Waals surface area (Å²) >= 11 is 0. The van der Waals surface area contributed by atoms with Crippen LogP contribution < -0.4 is 11.1 Å². The molecule has 6 heteroatoms. The fourth-order valence-corrected chi connectivity index (χ4v) is 3.23. The van der Waals surface area contributed by atoms with E-state index in [1.165, 1.54) is 25.5 Å². The van der Waals surface area contributed by atoms with Crippen LogP contribution in [0.5, 0.6) is 0 Å². The second kappa shape index (κ2) is 6.44. The molecule has 0 bridgehead atoms. The van der Waals surface area contributed by atoms with Gasteiger partial charge >= 0.3 is 0 Å². The number of aromatic nitrogens is 2. The maximum Gasteiger partial charge on any atom is 0.257 e. The van der Waals surface area contributed by atoms with Crippen molar-refractivity contribution in [1.82, 2.24) is 15.5 Å². The van der Waals surface area contributed by atoms with E-state index in [0.29, 0.717) is 23.7 Å². The summed E-state index contributed by atoms with van der Waals surface area (Å²) in [5.74, 6) is 0.354. The Labute approximate surface area is 129 Å². The predicted octanol–water partition coefficient (Wildman–Crippen LogP) is 2.17. The van der Waals surface area contributed by atoms with Gasteiger partial charge in [-0.1, -0.05) is 24.4 Å². The molecule has 3 N–H and O–H groups in total. The van der Waals surface area contributed by atoms with Gasteiger partial charge in [0, 0.05) is 18.8 Å². The molecule has 1 atom stereocenters. The Balaban J connectivity index is 1.74. The topological polar surface area (TPSA) is 94.0 Å². The Morgan fingerprint density at radius 1 is 1.45 bits per heavy atom. The van der Waals surface area contributed by atoms with E-state index in [4.69, 9.17) is 10.3 Å². The fourth-order valence-electron chi connectivity index (χ4n) is 3.23. The minimum Gasteiger partial charge on any atom is -0.348 e. The maximum absolute atomic E-state index is 12.5. The van der Waals surface area contributed by atoms with E-state index >= 15 is 0 Å². The van der Waals surface area contributed by atoms with Gasteiger partial charge in [-0.05, 0) is 31.7 Å². The molecule has 0 aromatic carbocycles. The van der Waals surface area contributed by atoms with Crippen molar-refractivity contribution in [3.8, 4) is 0 Å². The molecule has 1 unspecified atom stereocenters. The Morgan fingerprint density at radius 2 is 2.23 bits per heavy atom. The molecular formula is C16H22N4O2. The zero-order valence-corrected chi connectivity index (χ0v) is 12.8. The first-order valence-corrected chi connectivity index (χ1v) is 7.92. The van der Waals surface area contributed by atoms with Gasteiger partial charge in [0.15, 0.2) is 0 Å². The highest BCUT2D eigenvalue weighted by Gasteiger charge is 2.24. The number of rotatable bonds is 4. The average Bonchev–Trinajstić information content (AvgIpc) is 2.94. The van der Waals surface area contributed by atoms with Crippen LogP contribution in [0.25, 0.3) is 11.1 Å². The summed E-state index contributed by atoms with van der Waals surface area (Å²) < 4.78 is 5.07. The molecule has 1 saturated carbocycles. The highest BCUT2D eigenvalue weighted by molar-refractivity contribution is 5.97. The van der Waals surface area contributed by atoms with Crippen LogP contribution in [0.4, 0.5) is 0 Å². The zero-order valence-electron chi connectivity index (χ0n) is 12.8. The first kappa shape index (κ1) is 15.0. The van der Waals surface area contributed by atoms with Gasteiger partial charge < -0.3 is 15.6 Å². The molecule has 0 saturated heterocycles. The molecule has 0 radical (unpaired) electrons. The van der Waals surface area contributed by atoms with E-state index < -0.39 is 0 Å². The first-order chi connectivity index (χ1) is 10.7. The Hall–Kier alpha value is -1.95. The van der Waals surface area contributed by atoms with Crippen LogP contribution in [0.15, 0.2) is 16.8 Å². The Morgan fingerprint density at radius 3 is 2.95 bits per heavy atom. The molecule has 22 heavy (non-hydrogen) atoms. The lowest BCUT2D eigenvalue weighted by Gasteiger charge is -2.30. The molecule has 1 fully saturated rings. The Kier molecular flexibility index (Phi) is 4.38. The van der Waals surface area contributed by atoms with Crippen molar-refractivity contribution in [2.24, 2.45) is 11.7 Å². The number of amides is 1. The number of pyridine rings is 1. The van der Waals surface area contributed by atoms with E-state index in [0.717, 1.165) is 23.9 Å². The number of carbonyl (C=O) groups excluding carboxylic acids is 1. The van der Waals surface area contributed by atoms with Gasteiger partial charge in [-0.15, -0.1) is 0 Å². The van der Waals surface area contributed by atoms with Gasteiger partial charge in [-0.3, -0.25) is 4.79 Å². The first-order valence-electron chi connectivity index (χ1n) is 7.92. The summed E-state index contributed by atoms with van der Waals surface area (Å²) in [5.41, 5.74) is 7.59. The van der Waals surface area contributed by atoms with Crippen LogP contribution in [0, 0.1) is 12.8 Å². The van der Waals surface area contributed by atoms with Crippen molar-refractivity contribution < 1.29 is 9.32 Å². The van der Waals surface area contributed by atoms with E-state index in [-0.39, 0.29) is 11.9 Å². The number of hydrogen-bond donors (Lipinski definition) is 2. The molecule has 2 heterocycles. The van der Waals surface area contributed by atoms with Crippen LogP contribution in [-0.2, 0) is 0 Å². The monoisotopic (exact) mass is 302 g/mol. The molecule has 118 valence electrons. The van der Waals surface area contributed by atoms with Gasteiger partial charge in [-0.25, -0.2) is 4.98 Å². The number of nitrogens with two attached hydrogens (primary N) is 1. The summed E-state index contributed by atoms with van der Waals surface area (Å²) in [6.07, 6.45) is 7.55. The lowest BCUT2D eigenvalue weighted by atomic mass is 9.84. The lowest BCUT2D eigenvalue weighted by molar-refractivity contribution is 0.0915. The summed E-state index contributed by atoms with van der Waals surface area (Å²) in [5, 5.41) is 7.70. The molecule has 2 aromatic heterocycles. The zero-order chi connectivity index (χ0) is 15.5. The molecule has 1 aliphatic carbocycles. The fraction of sp³-hybridized carbons (Fsp3) is 0.562. The largest absolute Gasteiger partial charge is 0.348 e. The number of carbonyl (C=O) groups is 1. The molecule has 1 amide bonds. The van der Waals surface area contributed by atoms with Gasteiger partial charge in [0.25, 0.3) is 11.6 Å². The van der Waals surface area contributed by atoms with Crippen LogP contribution in [-0.4, -0.2) is 28.6 Å². The SMILES string of the molecule is Cc1noc2ncc(C(=O)NC(CN)C3CCCCC3)cc12. The quantitative estimate of drug-likeness (QED) is 0.902. The third kappa shape index (κ3) is 2.97. The minimum absolute atomic E-state index is 0.0343. The summed E-state index contributed by atoms with van der Waals surface area (Å²) in [6.45, 7) is 2.30. The molecule has 0 spiro atoms. The summed E-state index contributed by atoms with van der Waals surface area (Å²) in [4.78, 5) is 16.6. The number of hydrogen-bond acceptors (Lipinski definition) is 5. The van der Waals surface area contributed by atoms with Gasteiger partial charge in [0.1, 0.15) is 0 Å². The predicted molar refractivity (Wildman–Crippen MR) is 83.4 cm³/mol. The standard InChI is InChI=1S/C16H22N4O2/c1-10-13-7-12(9-18-16(13)22-20-10)15(21)19-14(8-17)11-5-3-2-4-6-11/h7,9,11,14H,2-6,8,17H2,1H3,(H,19,21). The van der Waals surface area contributed by atoms with E-state index in [2.05, 4.69) is 15.5 Å². The number of nitrogens with zero attached hydrogens (tertiary/aromatic N) is 2. The van der Waals surface area contributed by atoms with Crippen molar-refractivity contribution in [1.29, 1.82) is 0 Å². The van der Waals surface area contributed by atoms with Gasteiger partial charge in [0.2, 0.25) is 0 Å². The normalized spacial score (nSPS) is 17.5. The van der Waals surface area contributed by atoms with Crippen molar-refractivity contribution in [2.75, 3.05) is 6.54 Å². The third-order valence-electron chi connectivity index (χ3n) is 4.56. The number of fused-ring (bicyclic) bond motifs is 1. The van der Waals surface area contributed by atoms with Crippen molar-refractivity contribution >= 4 is 17.0 Å². The lowest BCUT2D eigenvalue weighted by Crippen LogP contribution is -2.45. The van der Waals surface area contributed by atoms with Crippen molar-refractivity contribution in [3.63, 3.8) is 0 Å². The van der Waals surface area contributed by atoms with E-state index in [9.17, 15) is 4.79 Å². The van der Waals surface area contributed by atoms with Crippen molar-refractivity contribution in [3.05, 3.63) is 23.5 Å². The average molecular weight is 302 g/mol. The number of aryl methyl sites for hydroxylation is 1. The Bertz CT molecular complexity index is 661. The van der Waals surface area contributed by atoms with Crippen LogP contribution in [0.3, 0.4) is 0 Å².